The lowest BCUT2D eigenvalue weighted by Crippen LogP contribution is -2.27. The van der Waals surface area contributed by atoms with Crippen LogP contribution in [0.3, 0.4) is 0 Å². The van der Waals surface area contributed by atoms with Crippen LogP contribution in [0.25, 0.3) is 0 Å². The molecule has 4 nitrogen and oxygen atoms in total. The van der Waals surface area contributed by atoms with Crippen LogP contribution in [-0.4, -0.2) is 37.0 Å². The second-order valence-electron chi connectivity index (χ2n) is 11.2. The van der Waals surface area contributed by atoms with Crippen molar-refractivity contribution in [1.82, 2.24) is 0 Å². The van der Waals surface area contributed by atoms with Crippen LogP contribution in [0.1, 0.15) is 155 Å². The van der Waals surface area contributed by atoms with Gasteiger partial charge in [0.1, 0.15) is 6.10 Å². The summed E-state index contributed by atoms with van der Waals surface area (Å²) in [6.07, 6.45) is 42.8. The summed E-state index contributed by atoms with van der Waals surface area (Å²) in [6.45, 7) is 5.21. The van der Waals surface area contributed by atoms with Crippen LogP contribution in [0.4, 0.5) is 0 Å². The Balaban J connectivity index is 3.51. The molecule has 1 unspecified atom stereocenters. The highest BCUT2D eigenvalue weighted by Crippen LogP contribution is 2.11. The van der Waals surface area contributed by atoms with Gasteiger partial charge in [-0.05, 0) is 70.6 Å². The highest BCUT2D eigenvalue weighted by molar-refractivity contribution is 5.69. The Morgan fingerprint density at radius 2 is 1.07 bits per heavy atom. The molecule has 1 atom stereocenters. The second-order valence-corrected chi connectivity index (χ2v) is 11.2. The van der Waals surface area contributed by atoms with Crippen molar-refractivity contribution in [3.63, 3.8) is 0 Å². The van der Waals surface area contributed by atoms with Crippen LogP contribution in [0.5, 0.6) is 0 Å². The quantitative estimate of drug-likeness (QED) is 0.0508. The fourth-order valence-electron chi connectivity index (χ4n) is 4.51. The number of aliphatic hydroxyl groups is 1. The van der Waals surface area contributed by atoms with Crippen molar-refractivity contribution in [3.8, 4) is 0 Å². The van der Waals surface area contributed by atoms with Gasteiger partial charge in [0.25, 0.3) is 0 Å². The SMILES string of the molecule is CCC/C=C\C/C=C\CCCCCCCCOCC(CO)OC(=O)CCCCCCC/C=C\C/C=C\CCCCC. The zero-order valence-electron chi connectivity index (χ0n) is 27.0. The molecule has 0 heterocycles. The fraction of sp³-hybridized carbons (Fsp3) is 0.757. The van der Waals surface area contributed by atoms with Crippen LogP contribution in [-0.2, 0) is 14.3 Å². The van der Waals surface area contributed by atoms with E-state index in [4.69, 9.17) is 9.47 Å². The van der Waals surface area contributed by atoms with Crippen LogP contribution in [0.15, 0.2) is 48.6 Å². The van der Waals surface area contributed by atoms with E-state index in [1.807, 2.05) is 0 Å². The van der Waals surface area contributed by atoms with Gasteiger partial charge in [-0.3, -0.25) is 4.79 Å². The van der Waals surface area contributed by atoms with E-state index in [0.29, 0.717) is 13.0 Å². The van der Waals surface area contributed by atoms with E-state index in [-0.39, 0.29) is 19.2 Å². The summed E-state index contributed by atoms with van der Waals surface area (Å²) in [5, 5.41) is 9.53. The van der Waals surface area contributed by atoms with Crippen LogP contribution in [0.2, 0.25) is 0 Å². The summed E-state index contributed by atoms with van der Waals surface area (Å²) in [7, 11) is 0. The van der Waals surface area contributed by atoms with E-state index in [0.717, 1.165) is 51.4 Å². The van der Waals surface area contributed by atoms with Crippen molar-refractivity contribution in [2.75, 3.05) is 19.8 Å². The van der Waals surface area contributed by atoms with Gasteiger partial charge in [-0.1, -0.05) is 127 Å². The minimum Gasteiger partial charge on any atom is -0.457 e. The predicted molar refractivity (Wildman–Crippen MR) is 177 cm³/mol. The average Bonchev–Trinajstić information content (AvgIpc) is 2.98. The number of esters is 1. The maximum absolute atomic E-state index is 12.1. The number of carbonyl (C=O) groups excluding carboxylic acids is 1. The normalized spacial score (nSPS) is 13.0. The number of unbranched alkanes of at least 4 members (excludes halogenated alkanes) is 15. The Bertz CT molecular complexity index is 649. The molecule has 238 valence electrons. The molecule has 0 radical (unpaired) electrons. The number of rotatable bonds is 31. The number of allylic oxidation sites excluding steroid dienone is 8. The fourth-order valence-corrected chi connectivity index (χ4v) is 4.51. The van der Waals surface area contributed by atoms with E-state index in [1.165, 1.54) is 83.5 Å². The summed E-state index contributed by atoms with van der Waals surface area (Å²) < 4.78 is 11.1. The molecule has 0 fully saturated rings. The number of carbonyl (C=O) groups is 1. The molecule has 0 aromatic carbocycles. The molecule has 0 spiro atoms. The van der Waals surface area contributed by atoms with Gasteiger partial charge in [-0.15, -0.1) is 0 Å². The van der Waals surface area contributed by atoms with Crippen molar-refractivity contribution in [3.05, 3.63) is 48.6 Å². The topological polar surface area (TPSA) is 55.8 Å². The van der Waals surface area contributed by atoms with Gasteiger partial charge in [0.05, 0.1) is 13.2 Å². The summed E-state index contributed by atoms with van der Waals surface area (Å²) in [5.74, 6) is -0.221. The van der Waals surface area contributed by atoms with Crippen LogP contribution >= 0.6 is 0 Å². The Morgan fingerprint density at radius 1 is 0.585 bits per heavy atom. The van der Waals surface area contributed by atoms with E-state index >= 15 is 0 Å². The van der Waals surface area contributed by atoms with Gasteiger partial charge in [0, 0.05) is 13.0 Å². The van der Waals surface area contributed by atoms with Crippen molar-refractivity contribution in [2.45, 2.75) is 161 Å². The van der Waals surface area contributed by atoms with Crippen LogP contribution < -0.4 is 0 Å². The molecule has 0 aliphatic carbocycles. The van der Waals surface area contributed by atoms with Gasteiger partial charge in [0.2, 0.25) is 0 Å². The Morgan fingerprint density at radius 3 is 1.61 bits per heavy atom. The third-order valence-electron chi connectivity index (χ3n) is 7.11. The molecule has 0 saturated carbocycles. The first kappa shape index (κ1) is 39.4. The van der Waals surface area contributed by atoms with Crippen molar-refractivity contribution >= 4 is 5.97 Å². The summed E-state index contributed by atoms with van der Waals surface area (Å²) in [6, 6.07) is 0. The molecule has 0 aliphatic rings. The standard InChI is InChI=1S/C37H66O4/c1-3-5-7-9-11-13-15-17-19-20-22-24-26-28-30-32-37(39)41-36(34-38)35-40-33-31-29-27-25-23-21-18-16-14-12-10-8-6-4-2/h8,10-11,13-14,16-17,19,36,38H,3-7,9,12,15,18,20-35H2,1-2H3/b10-8-,13-11-,16-14-,19-17-. The summed E-state index contributed by atoms with van der Waals surface area (Å²) in [5.41, 5.74) is 0. The maximum Gasteiger partial charge on any atom is 0.306 e. The average molecular weight is 575 g/mol. The molecule has 41 heavy (non-hydrogen) atoms. The molecule has 0 amide bonds. The molecule has 1 N–H and O–H groups in total. The first-order valence-corrected chi connectivity index (χ1v) is 17.2. The second kappa shape index (κ2) is 34.6. The molecule has 0 bridgehead atoms. The number of aliphatic hydroxyl groups excluding tert-OH is 1. The monoisotopic (exact) mass is 574 g/mol. The van der Waals surface area contributed by atoms with Gasteiger partial charge in [-0.25, -0.2) is 0 Å². The molecule has 0 rings (SSSR count). The summed E-state index contributed by atoms with van der Waals surface area (Å²) >= 11 is 0. The predicted octanol–water partition coefficient (Wildman–Crippen LogP) is 10.8. The van der Waals surface area contributed by atoms with Gasteiger partial charge in [0.15, 0.2) is 0 Å². The van der Waals surface area contributed by atoms with E-state index in [2.05, 4.69) is 62.5 Å². The summed E-state index contributed by atoms with van der Waals surface area (Å²) in [4.78, 5) is 12.1. The maximum atomic E-state index is 12.1. The molecular weight excluding hydrogens is 508 g/mol. The lowest BCUT2D eigenvalue weighted by Gasteiger charge is -2.15. The zero-order valence-corrected chi connectivity index (χ0v) is 27.0. The zero-order chi connectivity index (χ0) is 29.9. The van der Waals surface area contributed by atoms with Gasteiger partial charge in [-0.2, -0.15) is 0 Å². The minimum absolute atomic E-state index is 0.183. The minimum atomic E-state index is -0.546. The largest absolute Gasteiger partial charge is 0.457 e. The van der Waals surface area contributed by atoms with Crippen molar-refractivity contribution in [2.24, 2.45) is 0 Å². The lowest BCUT2D eigenvalue weighted by atomic mass is 10.1. The van der Waals surface area contributed by atoms with E-state index in [1.54, 1.807) is 0 Å². The van der Waals surface area contributed by atoms with Crippen molar-refractivity contribution in [1.29, 1.82) is 0 Å². The molecule has 0 aromatic rings. The van der Waals surface area contributed by atoms with Gasteiger partial charge < -0.3 is 14.6 Å². The molecular formula is C37H66O4. The number of hydrogen-bond donors (Lipinski definition) is 1. The highest BCUT2D eigenvalue weighted by Gasteiger charge is 2.13. The third kappa shape index (κ3) is 32.7. The highest BCUT2D eigenvalue weighted by atomic mass is 16.6. The van der Waals surface area contributed by atoms with E-state index < -0.39 is 6.10 Å². The van der Waals surface area contributed by atoms with Crippen molar-refractivity contribution < 1.29 is 19.4 Å². The third-order valence-corrected chi connectivity index (χ3v) is 7.11. The Hall–Kier alpha value is -1.65. The first-order chi connectivity index (χ1) is 20.2. The lowest BCUT2D eigenvalue weighted by molar-refractivity contribution is -0.154. The van der Waals surface area contributed by atoms with E-state index in [9.17, 15) is 9.90 Å². The molecule has 4 heteroatoms. The Labute approximate surface area is 254 Å². The Kier molecular flexibility index (Phi) is 33.2. The first-order valence-electron chi connectivity index (χ1n) is 17.2. The smallest absolute Gasteiger partial charge is 0.306 e. The van der Waals surface area contributed by atoms with Crippen LogP contribution in [0, 0.1) is 0 Å². The number of hydrogen-bond acceptors (Lipinski definition) is 4. The molecule has 0 aromatic heterocycles. The number of ether oxygens (including phenoxy) is 2. The van der Waals surface area contributed by atoms with Gasteiger partial charge >= 0.3 is 5.97 Å². The molecule has 0 aliphatic heterocycles. The molecule has 0 saturated heterocycles.